The third kappa shape index (κ3) is 3.81. The van der Waals surface area contributed by atoms with E-state index in [2.05, 4.69) is 6.58 Å². The van der Waals surface area contributed by atoms with Crippen molar-refractivity contribution in [2.45, 2.75) is 6.92 Å². The van der Waals surface area contributed by atoms with Crippen molar-refractivity contribution >= 4 is 11.9 Å². The molecule has 0 aromatic heterocycles. The van der Waals surface area contributed by atoms with Crippen molar-refractivity contribution in [2.24, 2.45) is 0 Å². The number of ether oxygens (including phenoxy) is 5. The van der Waals surface area contributed by atoms with E-state index in [1.54, 1.807) is 57.7 Å². The summed E-state index contributed by atoms with van der Waals surface area (Å²) in [7, 11) is 4.63. The van der Waals surface area contributed by atoms with Gasteiger partial charge in [0.1, 0.15) is 23.9 Å². The van der Waals surface area contributed by atoms with Gasteiger partial charge in [-0.05, 0) is 36.8 Å². The van der Waals surface area contributed by atoms with Crippen LogP contribution in [0.1, 0.15) is 22.8 Å². The van der Waals surface area contributed by atoms with E-state index < -0.39 is 0 Å². The second-order valence-corrected chi connectivity index (χ2v) is 6.29. The highest BCUT2D eigenvalue weighted by Gasteiger charge is 2.28. The van der Waals surface area contributed by atoms with E-state index in [1.807, 2.05) is 6.92 Å². The van der Waals surface area contributed by atoms with Crippen molar-refractivity contribution in [1.29, 1.82) is 0 Å². The number of allylic oxidation sites excluding steroid dienone is 1. The van der Waals surface area contributed by atoms with Gasteiger partial charge in [-0.2, -0.15) is 0 Å². The maximum Gasteiger partial charge on any atom is 0.231 e. The minimum Gasteiger partial charge on any atom is -0.496 e. The number of carbonyl (C=O) groups excluding carboxylic acids is 1. The largest absolute Gasteiger partial charge is 0.496 e. The fourth-order valence-corrected chi connectivity index (χ4v) is 2.77. The van der Waals surface area contributed by atoms with Gasteiger partial charge in [0, 0.05) is 17.7 Å². The van der Waals surface area contributed by atoms with Gasteiger partial charge in [0.25, 0.3) is 0 Å². The first-order chi connectivity index (χ1) is 13.5. The summed E-state index contributed by atoms with van der Waals surface area (Å²) in [4.78, 5) is 12.7. The molecule has 0 radical (unpaired) electrons. The normalized spacial score (nSPS) is 13.7. The molecule has 0 N–H and O–H groups in total. The Morgan fingerprint density at radius 3 is 2.36 bits per heavy atom. The molecule has 0 fully saturated rings. The Morgan fingerprint density at radius 2 is 1.71 bits per heavy atom. The lowest BCUT2D eigenvalue weighted by Crippen LogP contribution is -2.00. The average Bonchev–Trinajstić information content (AvgIpc) is 3.00. The van der Waals surface area contributed by atoms with Gasteiger partial charge < -0.3 is 23.7 Å². The van der Waals surface area contributed by atoms with Crippen LogP contribution in [0.5, 0.6) is 28.7 Å². The van der Waals surface area contributed by atoms with E-state index in [0.717, 1.165) is 5.57 Å². The van der Waals surface area contributed by atoms with Crippen LogP contribution < -0.4 is 23.7 Å². The summed E-state index contributed by atoms with van der Waals surface area (Å²) in [5, 5.41) is 0. The van der Waals surface area contributed by atoms with Crippen LogP contribution in [0.15, 0.2) is 48.2 Å². The molecular formula is C22H22O6. The zero-order chi connectivity index (χ0) is 20.3. The molecule has 0 saturated heterocycles. The van der Waals surface area contributed by atoms with Gasteiger partial charge in [0.05, 0.1) is 26.9 Å². The molecule has 1 aliphatic rings. The molecule has 0 amide bonds. The monoisotopic (exact) mass is 382 g/mol. The Bertz CT molecular complexity index is 958. The zero-order valence-corrected chi connectivity index (χ0v) is 16.3. The highest BCUT2D eigenvalue weighted by molar-refractivity contribution is 6.14. The molecule has 2 aromatic carbocycles. The fraction of sp³-hybridized carbons (Fsp3) is 0.227. The Kier molecular flexibility index (Phi) is 5.59. The van der Waals surface area contributed by atoms with Crippen LogP contribution in [0.2, 0.25) is 0 Å². The summed E-state index contributed by atoms with van der Waals surface area (Å²) < 4.78 is 27.4. The number of fused-ring (bicyclic) bond motifs is 1. The van der Waals surface area contributed by atoms with Crippen LogP contribution in [0.3, 0.4) is 0 Å². The van der Waals surface area contributed by atoms with E-state index in [9.17, 15) is 4.79 Å². The van der Waals surface area contributed by atoms with Gasteiger partial charge in [0.2, 0.25) is 5.78 Å². The van der Waals surface area contributed by atoms with E-state index in [4.69, 9.17) is 23.7 Å². The maximum absolute atomic E-state index is 12.7. The smallest absolute Gasteiger partial charge is 0.231 e. The summed E-state index contributed by atoms with van der Waals surface area (Å²) >= 11 is 0. The Balaban J connectivity index is 1.93. The third-order valence-electron chi connectivity index (χ3n) is 4.15. The predicted octanol–water partition coefficient (Wildman–Crippen LogP) is 4.28. The van der Waals surface area contributed by atoms with Crippen LogP contribution in [-0.4, -0.2) is 33.7 Å². The first-order valence-electron chi connectivity index (χ1n) is 8.62. The summed E-state index contributed by atoms with van der Waals surface area (Å²) in [6, 6.07) is 8.55. The van der Waals surface area contributed by atoms with Crippen LogP contribution in [0, 0.1) is 0 Å². The number of methoxy groups -OCH3 is 3. The molecule has 146 valence electrons. The molecule has 0 unspecified atom stereocenters. The quantitative estimate of drug-likeness (QED) is 0.526. The summed E-state index contributed by atoms with van der Waals surface area (Å²) in [6.07, 6.45) is 1.62. The Hall–Kier alpha value is -3.41. The molecule has 2 aromatic rings. The van der Waals surface area contributed by atoms with Crippen LogP contribution in [0.25, 0.3) is 6.08 Å². The molecule has 0 spiro atoms. The Labute approximate surface area is 163 Å². The number of hydrogen-bond donors (Lipinski definition) is 0. The molecule has 0 bridgehead atoms. The second kappa shape index (κ2) is 8.08. The SMILES string of the molecule is C=C(C)COc1ccc2c(c1)OC(=Cc1cc(OC)c(OC)cc1OC)C2=O. The molecule has 1 aliphatic heterocycles. The average molecular weight is 382 g/mol. The molecular weight excluding hydrogens is 360 g/mol. The molecule has 28 heavy (non-hydrogen) atoms. The number of benzene rings is 2. The number of ketones is 1. The van der Waals surface area contributed by atoms with Crippen molar-refractivity contribution < 1.29 is 28.5 Å². The Morgan fingerprint density at radius 1 is 1.04 bits per heavy atom. The lowest BCUT2D eigenvalue weighted by molar-refractivity contribution is 0.101. The lowest BCUT2D eigenvalue weighted by atomic mass is 10.1. The molecule has 6 nitrogen and oxygen atoms in total. The van der Waals surface area contributed by atoms with E-state index in [0.29, 0.717) is 46.5 Å². The van der Waals surface area contributed by atoms with E-state index in [-0.39, 0.29) is 11.5 Å². The minimum atomic E-state index is -0.210. The predicted molar refractivity (Wildman–Crippen MR) is 106 cm³/mol. The van der Waals surface area contributed by atoms with Crippen molar-refractivity contribution in [1.82, 2.24) is 0 Å². The minimum absolute atomic E-state index is 0.192. The third-order valence-corrected chi connectivity index (χ3v) is 4.15. The van der Waals surface area contributed by atoms with Crippen LogP contribution in [0.4, 0.5) is 0 Å². The van der Waals surface area contributed by atoms with Gasteiger partial charge in [-0.25, -0.2) is 0 Å². The number of carbonyl (C=O) groups is 1. The first-order valence-corrected chi connectivity index (χ1v) is 8.62. The maximum atomic E-state index is 12.7. The zero-order valence-electron chi connectivity index (χ0n) is 16.3. The van der Waals surface area contributed by atoms with E-state index in [1.165, 1.54) is 0 Å². The van der Waals surface area contributed by atoms with Crippen LogP contribution in [-0.2, 0) is 0 Å². The van der Waals surface area contributed by atoms with Crippen LogP contribution >= 0.6 is 0 Å². The molecule has 6 heteroatoms. The topological polar surface area (TPSA) is 63.2 Å². The van der Waals surface area contributed by atoms with Gasteiger partial charge in [-0.15, -0.1) is 0 Å². The standard InChI is InChI=1S/C22H22O6/c1-13(2)12-27-15-6-7-16-18(10-15)28-21(22(16)23)9-14-8-19(25-4)20(26-5)11-17(14)24-3/h6-11H,1,12H2,2-5H3. The summed E-state index contributed by atoms with van der Waals surface area (Å²) in [5.74, 6) is 2.63. The molecule has 0 saturated carbocycles. The second-order valence-electron chi connectivity index (χ2n) is 6.29. The molecule has 3 rings (SSSR count). The summed E-state index contributed by atoms with van der Waals surface area (Å²) in [5.41, 5.74) is 2.02. The fourth-order valence-electron chi connectivity index (χ4n) is 2.77. The number of rotatable bonds is 7. The van der Waals surface area contributed by atoms with Crippen molar-refractivity contribution in [3.05, 3.63) is 59.4 Å². The van der Waals surface area contributed by atoms with E-state index >= 15 is 0 Å². The van der Waals surface area contributed by atoms with Crippen molar-refractivity contribution in [2.75, 3.05) is 27.9 Å². The summed E-state index contributed by atoms with van der Waals surface area (Å²) in [6.45, 7) is 6.09. The van der Waals surface area contributed by atoms with Gasteiger partial charge in [0.15, 0.2) is 17.3 Å². The van der Waals surface area contributed by atoms with Crippen molar-refractivity contribution in [3.63, 3.8) is 0 Å². The lowest BCUT2D eigenvalue weighted by Gasteiger charge is -2.12. The van der Waals surface area contributed by atoms with Gasteiger partial charge in [-0.3, -0.25) is 4.79 Å². The van der Waals surface area contributed by atoms with Gasteiger partial charge in [-0.1, -0.05) is 6.58 Å². The van der Waals surface area contributed by atoms with Crippen molar-refractivity contribution in [3.8, 4) is 28.7 Å². The highest BCUT2D eigenvalue weighted by Crippen LogP contribution is 2.39. The van der Waals surface area contributed by atoms with Gasteiger partial charge >= 0.3 is 0 Å². The highest BCUT2D eigenvalue weighted by atomic mass is 16.5. The first kappa shape index (κ1) is 19.4. The number of hydrogen-bond acceptors (Lipinski definition) is 6. The number of Topliss-reactive ketones (excluding diaryl/α,β-unsaturated/α-hetero) is 1. The molecule has 0 aliphatic carbocycles. The molecule has 0 atom stereocenters. The molecule has 1 heterocycles.